The Kier molecular flexibility index (Phi) is 8.50. The summed E-state index contributed by atoms with van der Waals surface area (Å²) in [7, 11) is 1.62. The molecule has 0 spiro atoms. The van der Waals surface area contributed by atoms with Crippen molar-refractivity contribution in [2.24, 2.45) is 0 Å². The first-order valence-corrected chi connectivity index (χ1v) is 6.99. The molecule has 0 saturated heterocycles. The molecule has 1 rings (SSSR count). The monoisotopic (exact) mass is 295 g/mol. The number of benzene rings is 1. The average Bonchev–Trinajstić information content (AvgIpc) is 2.49. The van der Waals surface area contributed by atoms with E-state index in [0.29, 0.717) is 32.1 Å². The van der Waals surface area contributed by atoms with Crippen LogP contribution < -0.4 is 14.8 Å². The molecule has 21 heavy (non-hydrogen) atoms. The maximum atomic E-state index is 9.79. The number of rotatable bonds is 11. The fraction of sp³-hybridized carbons (Fsp3) is 0.500. The first-order chi connectivity index (χ1) is 10.1. The fourth-order valence-electron chi connectivity index (χ4n) is 1.58. The van der Waals surface area contributed by atoms with Gasteiger partial charge in [-0.2, -0.15) is 0 Å². The van der Waals surface area contributed by atoms with Crippen molar-refractivity contribution in [2.45, 2.75) is 13.0 Å². The van der Waals surface area contributed by atoms with E-state index in [1.54, 1.807) is 7.11 Å². The van der Waals surface area contributed by atoms with Gasteiger partial charge in [-0.15, -0.1) is 0 Å². The summed E-state index contributed by atoms with van der Waals surface area (Å²) in [6.07, 6.45) is -0.562. The second kappa shape index (κ2) is 10.2. The highest BCUT2D eigenvalue weighted by atomic mass is 16.5. The first-order valence-electron chi connectivity index (χ1n) is 6.99. The van der Waals surface area contributed by atoms with Gasteiger partial charge in [0.2, 0.25) is 0 Å². The lowest BCUT2D eigenvalue weighted by atomic mass is 10.3. The van der Waals surface area contributed by atoms with Gasteiger partial charge in [0.25, 0.3) is 0 Å². The van der Waals surface area contributed by atoms with Gasteiger partial charge < -0.3 is 24.6 Å². The van der Waals surface area contributed by atoms with E-state index in [9.17, 15) is 5.11 Å². The maximum absolute atomic E-state index is 9.79. The molecule has 118 valence electrons. The lowest BCUT2D eigenvalue weighted by Gasteiger charge is -2.13. The normalized spacial score (nSPS) is 12.0. The highest BCUT2D eigenvalue weighted by Gasteiger charge is 2.05. The predicted molar refractivity (Wildman–Crippen MR) is 83.0 cm³/mol. The standard InChI is InChI=1S/C16H25NO4/c1-13(2)11-20-9-8-17-10-14(18)12-21-16-6-4-15(19-3)5-7-16/h4-7,14,17-18H,1,8-12H2,2-3H3. The number of aliphatic hydroxyl groups excluding tert-OH is 1. The minimum absolute atomic E-state index is 0.242. The third-order valence-electron chi connectivity index (χ3n) is 2.65. The maximum Gasteiger partial charge on any atom is 0.119 e. The first kappa shape index (κ1) is 17.5. The van der Waals surface area contributed by atoms with Gasteiger partial charge in [0.1, 0.15) is 24.2 Å². The molecule has 0 saturated carbocycles. The Morgan fingerprint density at radius 3 is 2.57 bits per heavy atom. The summed E-state index contributed by atoms with van der Waals surface area (Å²) in [4.78, 5) is 0. The molecule has 0 aromatic heterocycles. The molecular formula is C16H25NO4. The second-order valence-electron chi connectivity index (χ2n) is 4.85. The zero-order valence-corrected chi connectivity index (χ0v) is 12.8. The van der Waals surface area contributed by atoms with Crippen LogP contribution in [0.2, 0.25) is 0 Å². The molecule has 0 radical (unpaired) electrons. The van der Waals surface area contributed by atoms with Crippen molar-refractivity contribution >= 4 is 0 Å². The molecule has 1 aromatic carbocycles. The highest BCUT2D eigenvalue weighted by Crippen LogP contribution is 2.16. The van der Waals surface area contributed by atoms with Gasteiger partial charge in [-0.05, 0) is 31.2 Å². The fourth-order valence-corrected chi connectivity index (χ4v) is 1.58. The third kappa shape index (κ3) is 8.34. The van der Waals surface area contributed by atoms with Crippen molar-refractivity contribution < 1.29 is 19.3 Å². The minimum atomic E-state index is -0.562. The quantitative estimate of drug-likeness (QED) is 0.480. The topological polar surface area (TPSA) is 60.0 Å². The van der Waals surface area contributed by atoms with Crippen molar-refractivity contribution in [1.29, 1.82) is 0 Å². The Balaban J connectivity index is 2.07. The van der Waals surface area contributed by atoms with E-state index in [0.717, 1.165) is 11.3 Å². The van der Waals surface area contributed by atoms with E-state index < -0.39 is 6.10 Å². The van der Waals surface area contributed by atoms with Crippen LogP contribution in [0.3, 0.4) is 0 Å². The lowest BCUT2D eigenvalue weighted by molar-refractivity contribution is 0.101. The molecule has 5 heteroatoms. The van der Waals surface area contributed by atoms with E-state index >= 15 is 0 Å². The van der Waals surface area contributed by atoms with Crippen LogP contribution in [-0.2, 0) is 4.74 Å². The van der Waals surface area contributed by atoms with Gasteiger partial charge >= 0.3 is 0 Å². The molecule has 5 nitrogen and oxygen atoms in total. The van der Waals surface area contributed by atoms with Crippen LogP contribution in [-0.4, -0.2) is 51.2 Å². The molecule has 0 bridgehead atoms. The summed E-state index contributed by atoms with van der Waals surface area (Å²) in [5, 5.41) is 12.9. The highest BCUT2D eigenvalue weighted by molar-refractivity contribution is 5.31. The van der Waals surface area contributed by atoms with Crippen LogP contribution in [0.4, 0.5) is 0 Å². The van der Waals surface area contributed by atoms with Gasteiger partial charge in [0.15, 0.2) is 0 Å². The van der Waals surface area contributed by atoms with E-state index in [2.05, 4.69) is 11.9 Å². The molecule has 0 amide bonds. The van der Waals surface area contributed by atoms with Crippen LogP contribution in [0, 0.1) is 0 Å². The molecule has 1 aromatic rings. The second-order valence-corrected chi connectivity index (χ2v) is 4.85. The van der Waals surface area contributed by atoms with Gasteiger partial charge in [0.05, 0.1) is 20.3 Å². The molecule has 0 heterocycles. The van der Waals surface area contributed by atoms with Crippen LogP contribution in [0.25, 0.3) is 0 Å². The van der Waals surface area contributed by atoms with Crippen molar-refractivity contribution in [3.05, 3.63) is 36.4 Å². The van der Waals surface area contributed by atoms with Gasteiger partial charge in [-0.3, -0.25) is 0 Å². The zero-order valence-electron chi connectivity index (χ0n) is 12.8. The van der Waals surface area contributed by atoms with Crippen LogP contribution in [0.1, 0.15) is 6.92 Å². The average molecular weight is 295 g/mol. The van der Waals surface area contributed by atoms with Crippen molar-refractivity contribution in [3.63, 3.8) is 0 Å². The van der Waals surface area contributed by atoms with Crippen LogP contribution in [0.5, 0.6) is 11.5 Å². The van der Waals surface area contributed by atoms with Crippen molar-refractivity contribution in [2.75, 3.05) is 40.0 Å². The van der Waals surface area contributed by atoms with E-state index in [1.807, 2.05) is 31.2 Å². The number of ether oxygens (including phenoxy) is 3. The summed E-state index contributed by atoms with van der Waals surface area (Å²) < 4.78 is 15.9. The van der Waals surface area contributed by atoms with Gasteiger partial charge in [0, 0.05) is 13.1 Å². The Hall–Kier alpha value is -1.56. The molecule has 1 atom stereocenters. The van der Waals surface area contributed by atoms with Crippen molar-refractivity contribution in [3.8, 4) is 11.5 Å². The third-order valence-corrected chi connectivity index (χ3v) is 2.65. The number of aliphatic hydroxyl groups is 1. The Morgan fingerprint density at radius 1 is 1.29 bits per heavy atom. The summed E-state index contributed by atoms with van der Waals surface area (Å²) in [5.74, 6) is 1.49. The molecule has 0 aliphatic carbocycles. The summed E-state index contributed by atoms with van der Waals surface area (Å²) in [6.45, 7) is 8.24. The van der Waals surface area contributed by atoms with Crippen molar-refractivity contribution in [1.82, 2.24) is 5.32 Å². The van der Waals surface area contributed by atoms with E-state index in [4.69, 9.17) is 14.2 Å². The Bertz CT molecular complexity index is 405. The van der Waals surface area contributed by atoms with Gasteiger partial charge in [-0.25, -0.2) is 0 Å². The number of nitrogens with one attached hydrogen (secondary N) is 1. The van der Waals surface area contributed by atoms with Crippen LogP contribution in [0.15, 0.2) is 36.4 Å². The molecule has 0 fully saturated rings. The van der Waals surface area contributed by atoms with E-state index in [1.165, 1.54) is 0 Å². The largest absolute Gasteiger partial charge is 0.497 e. The summed E-state index contributed by atoms with van der Waals surface area (Å²) >= 11 is 0. The molecule has 0 aliphatic heterocycles. The number of methoxy groups -OCH3 is 1. The summed E-state index contributed by atoms with van der Waals surface area (Å²) in [5.41, 5.74) is 1.00. The summed E-state index contributed by atoms with van der Waals surface area (Å²) in [6, 6.07) is 7.26. The van der Waals surface area contributed by atoms with Gasteiger partial charge in [-0.1, -0.05) is 12.2 Å². The number of hydrogen-bond donors (Lipinski definition) is 2. The Morgan fingerprint density at radius 2 is 1.95 bits per heavy atom. The molecular weight excluding hydrogens is 270 g/mol. The van der Waals surface area contributed by atoms with E-state index in [-0.39, 0.29) is 6.61 Å². The smallest absolute Gasteiger partial charge is 0.119 e. The Labute approximate surface area is 126 Å². The predicted octanol–water partition coefficient (Wildman–Crippen LogP) is 1.62. The molecule has 1 unspecified atom stereocenters. The SMILES string of the molecule is C=C(C)COCCNCC(O)COc1ccc(OC)cc1. The van der Waals surface area contributed by atoms with Crippen LogP contribution >= 0.6 is 0 Å². The zero-order chi connectivity index (χ0) is 15.5. The number of hydrogen-bond acceptors (Lipinski definition) is 5. The molecule has 2 N–H and O–H groups in total. The minimum Gasteiger partial charge on any atom is -0.497 e. The molecule has 0 aliphatic rings. The lowest BCUT2D eigenvalue weighted by Crippen LogP contribution is -2.33.